The number of nitrogens with one attached hydrogen (secondary N) is 1. The fourth-order valence-corrected chi connectivity index (χ4v) is 2.27. The topological polar surface area (TPSA) is 32.3 Å². The number of likely N-dealkylation sites (N-methyl/N-ethyl adjacent to an activating group) is 1. The molecule has 3 nitrogen and oxygen atoms in total. The molecule has 0 aliphatic carbocycles. The lowest BCUT2D eigenvalue weighted by Crippen LogP contribution is -2.44. The Bertz CT molecular complexity index is 399. The highest BCUT2D eigenvalue weighted by Crippen LogP contribution is 2.20. The standard InChI is InChI=1S/C14H20N2O/c1-10-4-6-12(7-5-10)16(3)14(17)13-11(2)8-9-15-13/h4-7,11,13,15H,8-9H2,1-3H3. The number of aryl methyl sites for hydroxylation is 1. The van der Waals surface area contributed by atoms with Crippen LogP contribution in [0.3, 0.4) is 0 Å². The van der Waals surface area contributed by atoms with E-state index >= 15 is 0 Å². The molecular weight excluding hydrogens is 212 g/mol. The van der Waals surface area contributed by atoms with E-state index in [0.717, 1.165) is 18.7 Å². The van der Waals surface area contributed by atoms with E-state index < -0.39 is 0 Å². The summed E-state index contributed by atoms with van der Waals surface area (Å²) in [4.78, 5) is 14.1. The van der Waals surface area contributed by atoms with Crippen LogP contribution in [0.1, 0.15) is 18.9 Å². The van der Waals surface area contributed by atoms with E-state index in [1.165, 1.54) is 5.56 Å². The van der Waals surface area contributed by atoms with Gasteiger partial charge in [0.2, 0.25) is 5.91 Å². The molecule has 3 heteroatoms. The molecule has 0 radical (unpaired) electrons. The molecule has 1 aliphatic rings. The van der Waals surface area contributed by atoms with Crippen molar-refractivity contribution in [2.24, 2.45) is 5.92 Å². The summed E-state index contributed by atoms with van der Waals surface area (Å²) < 4.78 is 0. The molecule has 1 heterocycles. The van der Waals surface area contributed by atoms with Crippen molar-refractivity contribution in [2.75, 3.05) is 18.5 Å². The van der Waals surface area contributed by atoms with Crippen molar-refractivity contribution >= 4 is 11.6 Å². The van der Waals surface area contributed by atoms with Crippen LogP contribution in [0.15, 0.2) is 24.3 Å². The van der Waals surface area contributed by atoms with Crippen molar-refractivity contribution in [3.63, 3.8) is 0 Å². The van der Waals surface area contributed by atoms with E-state index in [1.807, 2.05) is 38.2 Å². The van der Waals surface area contributed by atoms with Gasteiger partial charge >= 0.3 is 0 Å². The lowest BCUT2D eigenvalue weighted by Gasteiger charge is -2.23. The molecule has 1 aromatic rings. The molecule has 1 saturated heterocycles. The van der Waals surface area contributed by atoms with Crippen LogP contribution < -0.4 is 10.2 Å². The molecule has 1 aliphatic heterocycles. The molecule has 0 spiro atoms. The Kier molecular flexibility index (Phi) is 3.48. The Morgan fingerprint density at radius 1 is 1.35 bits per heavy atom. The minimum absolute atomic E-state index is 0.0266. The predicted octanol–water partition coefficient (Wildman–Crippen LogP) is 1.96. The van der Waals surface area contributed by atoms with E-state index in [0.29, 0.717) is 5.92 Å². The second-order valence-electron chi connectivity index (χ2n) is 4.93. The number of amides is 1. The number of nitrogens with zero attached hydrogens (tertiary/aromatic N) is 1. The first-order chi connectivity index (χ1) is 8.09. The van der Waals surface area contributed by atoms with Gasteiger partial charge in [0.25, 0.3) is 0 Å². The molecule has 17 heavy (non-hydrogen) atoms. The Balaban J connectivity index is 2.11. The molecule has 1 aromatic carbocycles. The maximum absolute atomic E-state index is 12.3. The summed E-state index contributed by atoms with van der Waals surface area (Å²) in [7, 11) is 1.85. The van der Waals surface area contributed by atoms with E-state index in [4.69, 9.17) is 0 Å². The van der Waals surface area contributed by atoms with Gasteiger partial charge in [0.1, 0.15) is 0 Å². The van der Waals surface area contributed by atoms with Crippen LogP contribution in [-0.4, -0.2) is 25.5 Å². The summed E-state index contributed by atoms with van der Waals surface area (Å²) in [6.45, 7) is 5.12. The summed E-state index contributed by atoms with van der Waals surface area (Å²) >= 11 is 0. The second-order valence-corrected chi connectivity index (χ2v) is 4.93. The zero-order valence-electron chi connectivity index (χ0n) is 10.7. The highest BCUT2D eigenvalue weighted by atomic mass is 16.2. The van der Waals surface area contributed by atoms with Crippen LogP contribution in [0.2, 0.25) is 0 Å². The summed E-state index contributed by atoms with van der Waals surface area (Å²) in [5.41, 5.74) is 2.17. The van der Waals surface area contributed by atoms with Gasteiger partial charge in [-0.05, 0) is 37.9 Å². The molecule has 2 rings (SSSR count). The van der Waals surface area contributed by atoms with Gasteiger partial charge in [-0.3, -0.25) is 4.79 Å². The number of carbonyl (C=O) groups excluding carboxylic acids is 1. The highest BCUT2D eigenvalue weighted by Gasteiger charge is 2.31. The molecule has 0 saturated carbocycles. The predicted molar refractivity (Wildman–Crippen MR) is 70.2 cm³/mol. The average molecular weight is 232 g/mol. The minimum atomic E-state index is -0.0266. The Morgan fingerprint density at radius 2 is 2.00 bits per heavy atom. The summed E-state index contributed by atoms with van der Waals surface area (Å²) in [5.74, 6) is 0.592. The number of rotatable bonds is 2. The van der Waals surface area contributed by atoms with Crippen molar-refractivity contribution in [3.8, 4) is 0 Å². The van der Waals surface area contributed by atoms with Crippen molar-refractivity contribution < 1.29 is 4.79 Å². The lowest BCUT2D eigenvalue weighted by molar-refractivity contribution is -0.120. The molecule has 0 bridgehead atoms. The van der Waals surface area contributed by atoms with E-state index in [9.17, 15) is 4.79 Å². The second kappa shape index (κ2) is 4.88. The molecule has 1 fully saturated rings. The first-order valence-electron chi connectivity index (χ1n) is 6.17. The molecule has 1 N–H and O–H groups in total. The van der Waals surface area contributed by atoms with Crippen molar-refractivity contribution in [1.82, 2.24) is 5.32 Å². The normalized spacial score (nSPS) is 23.7. The van der Waals surface area contributed by atoms with Crippen molar-refractivity contribution in [2.45, 2.75) is 26.3 Å². The largest absolute Gasteiger partial charge is 0.314 e. The van der Waals surface area contributed by atoms with Gasteiger partial charge in [0.15, 0.2) is 0 Å². The maximum atomic E-state index is 12.3. The summed E-state index contributed by atoms with van der Waals surface area (Å²) in [6.07, 6.45) is 1.08. The quantitative estimate of drug-likeness (QED) is 0.845. The van der Waals surface area contributed by atoms with Gasteiger partial charge in [-0.2, -0.15) is 0 Å². The Hall–Kier alpha value is -1.35. The first kappa shape index (κ1) is 12.1. The Labute approximate surface area is 103 Å². The zero-order valence-corrected chi connectivity index (χ0v) is 10.7. The third-order valence-corrected chi connectivity index (χ3v) is 3.55. The van der Waals surface area contributed by atoms with Gasteiger partial charge in [-0.1, -0.05) is 24.6 Å². The number of hydrogen-bond donors (Lipinski definition) is 1. The van der Waals surface area contributed by atoms with E-state index in [-0.39, 0.29) is 11.9 Å². The Morgan fingerprint density at radius 3 is 2.53 bits per heavy atom. The molecule has 2 atom stereocenters. The van der Waals surface area contributed by atoms with Gasteiger partial charge in [0, 0.05) is 12.7 Å². The third kappa shape index (κ3) is 2.50. The smallest absolute Gasteiger partial charge is 0.244 e. The van der Waals surface area contributed by atoms with Crippen LogP contribution in [0.25, 0.3) is 0 Å². The minimum Gasteiger partial charge on any atom is -0.314 e. The SMILES string of the molecule is Cc1ccc(N(C)C(=O)C2NCCC2C)cc1. The molecular formula is C14H20N2O. The molecule has 92 valence electrons. The molecule has 0 aromatic heterocycles. The van der Waals surface area contributed by atoms with Gasteiger partial charge in [-0.25, -0.2) is 0 Å². The number of benzene rings is 1. The van der Waals surface area contributed by atoms with Gasteiger partial charge in [-0.15, -0.1) is 0 Å². The molecule has 1 amide bonds. The van der Waals surface area contributed by atoms with Crippen LogP contribution in [-0.2, 0) is 4.79 Å². The van der Waals surface area contributed by atoms with Gasteiger partial charge < -0.3 is 10.2 Å². The number of carbonyl (C=O) groups is 1. The average Bonchev–Trinajstić information content (AvgIpc) is 2.74. The fraction of sp³-hybridized carbons (Fsp3) is 0.500. The monoisotopic (exact) mass is 232 g/mol. The van der Waals surface area contributed by atoms with Crippen LogP contribution in [0, 0.1) is 12.8 Å². The van der Waals surface area contributed by atoms with Gasteiger partial charge in [0.05, 0.1) is 6.04 Å². The zero-order chi connectivity index (χ0) is 12.4. The van der Waals surface area contributed by atoms with Crippen LogP contribution in [0.5, 0.6) is 0 Å². The summed E-state index contributed by atoms with van der Waals surface area (Å²) in [5, 5.41) is 3.28. The van der Waals surface area contributed by atoms with Crippen LogP contribution >= 0.6 is 0 Å². The van der Waals surface area contributed by atoms with E-state index in [2.05, 4.69) is 12.2 Å². The lowest BCUT2D eigenvalue weighted by atomic mass is 10.0. The van der Waals surface area contributed by atoms with Crippen molar-refractivity contribution in [3.05, 3.63) is 29.8 Å². The van der Waals surface area contributed by atoms with E-state index in [1.54, 1.807) is 4.90 Å². The first-order valence-corrected chi connectivity index (χ1v) is 6.17. The number of hydrogen-bond acceptors (Lipinski definition) is 2. The summed E-state index contributed by atoms with van der Waals surface area (Å²) in [6, 6.07) is 8.02. The molecule has 2 unspecified atom stereocenters. The fourth-order valence-electron chi connectivity index (χ4n) is 2.27. The highest BCUT2D eigenvalue weighted by molar-refractivity contribution is 5.97. The van der Waals surface area contributed by atoms with Crippen LogP contribution in [0.4, 0.5) is 5.69 Å². The third-order valence-electron chi connectivity index (χ3n) is 3.55. The van der Waals surface area contributed by atoms with Crippen molar-refractivity contribution in [1.29, 1.82) is 0 Å². The number of anilines is 1. The maximum Gasteiger partial charge on any atom is 0.244 e.